The SMILES string of the molecule is CCOC(O)NNC(=O)[C@@H]1CCC2CN1C(=O)N2OP. The third kappa shape index (κ3) is 3.02. The zero-order chi connectivity index (χ0) is 14.7. The van der Waals surface area contributed by atoms with Gasteiger partial charge in [0.25, 0.3) is 5.91 Å². The molecule has 2 fully saturated rings. The summed E-state index contributed by atoms with van der Waals surface area (Å²) in [5, 5.41) is 10.6. The zero-order valence-electron chi connectivity index (χ0n) is 11.1. The number of aliphatic hydroxyl groups excluding tert-OH is 1. The summed E-state index contributed by atoms with van der Waals surface area (Å²) >= 11 is 0. The summed E-state index contributed by atoms with van der Waals surface area (Å²) < 4.78 is 9.76. The highest BCUT2D eigenvalue weighted by Crippen LogP contribution is 2.30. The zero-order valence-corrected chi connectivity index (χ0v) is 12.3. The van der Waals surface area contributed by atoms with E-state index >= 15 is 0 Å². The molecule has 10 heteroatoms. The molecule has 0 aliphatic carbocycles. The molecule has 0 radical (unpaired) electrons. The number of aliphatic hydroxyl groups is 1. The average Bonchev–Trinajstić information content (AvgIpc) is 2.68. The number of nitrogens with one attached hydrogen (secondary N) is 2. The normalized spacial score (nSPS) is 26.9. The van der Waals surface area contributed by atoms with Gasteiger partial charge in [0.15, 0.2) is 0 Å². The van der Waals surface area contributed by atoms with Gasteiger partial charge in [-0.25, -0.2) is 4.79 Å². The van der Waals surface area contributed by atoms with Gasteiger partial charge >= 0.3 is 6.03 Å². The summed E-state index contributed by atoms with van der Waals surface area (Å²) in [7, 11) is 2.04. The number of hydrazine groups is 1. The predicted octanol–water partition coefficient (Wildman–Crippen LogP) is -1.09. The number of urea groups is 1. The van der Waals surface area contributed by atoms with Crippen LogP contribution in [0.1, 0.15) is 19.8 Å². The van der Waals surface area contributed by atoms with Crippen LogP contribution in [-0.2, 0) is 14.2 Å². The summed E-state index contributed by atoms with van der Waals surface area (Å²) in [6.45, 7) is 2.48. The fraction of sp³-hybridized carbons (Fsp3) is 0.800. The first-order chi connectivity index (χ1) is 9.58. The lowest BCUT2D eigenvalue weighted by molar-refractivity contribution is -0.143. The summed E-state index contributed by atoms with van der Waals surface area (Å²) in [5.41, 5.74) is 4.68. The number of hydrogen-bond acceptors (Lipinski definition) is 6. The van der Waals surface area contributed by atoms with Crippen LogP contribution in [0.4, 0.5) is 4.79 Å². The van der Waals surface area contributed by atoms with Crippen LogP contribution in [0.25, 0.3) is 0 Å². The molecular weight excluding hydrogens is 287 g/mol. The maximum Gasteiger partial charge on any atom is 0.345 e. The molecule has 0 saturated carbocycles. The molecule has 0 aromatic rings. The van der Waals surface area contributed by atoms with Gasteiger partial charge in [0.2, 0.25) is 6.41 Å². The molecule has 2 heterocycles. The monoisotopic (exact) mass is 306 g/mol. The van der Waals surface area contributed by atoms with Crippen LogP contribution in [0.2, 0.25) is 0 Å². The van der Waals surface area contributed by atoms with Gasteiger partial charge in [0, 0.05) is 22.6 Å². The van der Waals surface area contributed by atoms with Crippen LogP contribution in [0, 0.1) is 0 Å². The fourth-order valence-electron chi connectivity index (χ4n) is 2.46. The van der Waals surface area contributed by atoms with Crippen molar-refractivity contribution in [2.75, 3.05) is 13.2 Å². The molecule has 0 spiro atoms. The number of fused-ring (bicyclic) bond motifs is 2. The van der Waals surface area contributed by atoms with Gasteiger partial charge < -0.3 is 14.7 Å². The molecule has 3 amide bonds. The molecule has 0 aromatic heterocycles. The van der Waals surface area contributed by atoms with Crippen LogP contribution >= 0.6 is 9.47 Å². The van der Waals surface area contributed by atoms with Crippen LogP contribution in [0.5, 0.6) is 0 Å². The van der Waals surface area contributed by atoms with Crippen molar-refractivity contribution >= 4 is 21.4 Å². The van der Waals surface area contributed by atoms with E-state index in [0.29, 0.717) is 26.0 Å². The number of piperidine rings is 1. The van der Waals surface area contributed by atoms with Gasteiger partial charge in [-0.3, -0.25) is 14.8 Å². The molecule has 20 heavy (non-hydrogen) atoms. The highest BCUT2D eigenvalue weighted by molar-refractivity contribution is 7.09. The van der Waals surface area contributed by atoms with Crippen molar-refractivity contribution in [3.05, 3.63) is 0 Å². The Labute approximate surface area is 118 Å². The van der Waals surface area contributed by atoms with Crippen molar-refractivity contribution in [3.8, 4) is 0 Å². The Balaban J connectivity index is 1.90. The number of hydroxylamine groups is 2. The second-order valence-electron chi connectivity index (χ2n) is 4.55. The molecule has 2 aliphatic heterocycles. The predicted molar refractivity (Wildman–Crippen MR) is 70.5 cm³/mol. The standard InChI is InChI=1S/C10H19N4O5P/c1-2-18-9(16)12-11-8(15)7-4-3-6-5-13(7)10(17)14(6)19-20/h6-7,9,12,16H,2-5,20H2,1H3,(H,11,15)/t6?,7-,9?/m0/s1. The molecule has 3 unspecified atom stereocenters. The van der Waals surface area contributed by atoms with E-state index in [1.165, 1.54) is 9.96 Å². The van der Waals surface area contributed by atoms with Gasteiger partial charge in [0.05, 0.1) is 6.04 Å². The van der Waals surface area contributed by atoms with Crippen molar-refractivity contribution in [1.29, 1.82) is 0 Å². The topological polar surface area (TPSA) is 103 Å². The van der Waals surface area contributed by atoms with Crippen molar-refractivity contribution in [2.24, 2.45) is 0 Å². The number of hydrogen-bond donors (Lipinski definition) is 3. The van der Waals surface area contributed by atoms with Crippen LogP contribution < -0.4 is 10.9 Å². The van der Waals surface area contributed by atoms with E-state index in [4.69, 9.17) is 9.36 Å². The van der Waals surface area contributed by atoms with Crippen molar-refractivity contribution in [1.82, 2.24) is 20.8 Å². The molecule has 2 bridgehead atoms. The van der Waals surface area contributed by atoms with E-state index in [2.05, 4.69) is 10.9 Å². The van der Waals surface area contributed by atoms with Crippen molar-refractivity contribution in [3.63, 3.8) is 0 Å². The first-order valence-electron chi connectivity index (χ1n) is 6.40. The summed E-state index contributed by atoms with van der Waals surface area (Å²) in [6.07, 6.45) is -0.0523. The lowest BCUT2D eigenvalue weighted by atomic mass is 10.0. The summed E-state index contributed by atoms with van der Waals surface area (Å²) in [6, 6.07) is -0.927. The van der Waals surface area contributed by atoms with Crippen LogP contribution in [0.3, 0.4) is 0 Å². The Hall–Kier alpha value is -0.990. The molecule has 4 atom stereocenters. The number of amides is 3. The van der Waals surface area contributed by atoms with E-state index in [1.54, 1.807) is 6.92 Å². The van der Waals surface area contributed by atoms with Gasteiger partial charge in [-0.2, -0.15) is 10.5 Å². The third-order valence-electron chi connectivity index (χ3n) is 3.38. The molecular formula is C10H19N4O5P. The van der Waals surface area contributed by atoms with Gasteiger partial charge in [-0.1, -0.05) is 0 Å². The quantitative estimate of drug-likeness (QED) is 0.327. The lowest BCUT2D eigenvalue weighted by Gasteiger charge is -2.29. The minimum atomic E-state index is -1.28. The second kappa shape index (κ2) is 6.64. The van der Waals surface area contributed by atoms with Crippen molar-refractivity contribution in [2.45, 2.75) is 38.3 Å². The van der Waals surface area contributed by atoms with Gasteiger partial charge in [0.1, 0.15) is 6.04 Å². The summed E-state index contributed by atoms with van der Waals surface area (Å²) in [5.74, 6) is -0.388. The molecule has 2 rings (SSSR count). The average molecular weight is 306 g/mol. The van der Waals surface area contributed by atoms with Gasteiger partial charge in [-0.15, -0.1) is 0 Å². The number of ether oxygens (including phenoxy) is 1. The molecule has 2 saturated heterocycles. The summed E-state index contributed by atoms with van der Waals surface area (Å²) in [4.78, 5) is 25.5. The number of rotatable bonds is 6. The molecule has 2 aliphatic rings. The van der Waals surface area contributed by atoms with E-state index in [0.717, 1.165) is 0 Å². The number of carbonyl (C=O) groups is 2. The first-order valence-corrected chi connectivity index (χ1v) is 6.87. The largest absolute Gasteiger partial charge is 0.355 e. The Bertz CT molecular complexity index is 385. The smallest absolute Gasteiger partial charge is 0.345 e. The Kier molecular flexibility index (Phi) is 5.11. The highest BCUT2D eigenvalue weighted by atomic mass is 31.0. The Morgan fingerprint density at radius 2 is 2.35 bits per heavy atom. The van der Waals surface area contributed by atoms with E-state index in [9.17, 15) is 14.7 Å². The molecule has 0 aromatic carbocycles. The minimum absolute atomic E-state index is 0.0222. The minimum Gasteiger partial charge on any atom is -0.355 e. The maximum atomic E-state index is 12.0. The van der Waals surface area contributed by atoms with E-state index < -0.39 is 12.5 Å². The maximum absolute atomic E-state index is 12.0. The van der Waals surface area contributed by atoms with Crippen LogP contribution in [0.15, 0.2) is 0 Å². The number of nitrogens with zero attached hydrogens (tertiary/aromatic N) is 2. The van der Waals surface area contributed by atoms with E-state index in [-0.39, 0.29) is 18.0 Å². The first kappa shape index (κ1) is 15.4. The second-order valence-corrected chi connectivity index (χ2v) is 4.77. The van der Waals surface area contributed by atoms with Crippen LogP contribution in [-0.4, -0.2) is 58.7 Å². The van der Waals surface area contributed by atoms with Crippen molar-refractivity contribution < 1.29 is 24.1 Å². The molecule has 114 valence electrons. The fourth-order valence-corrected chi connectivity index (χ4v) is 2.72. The lowest BCUT2D eigenvalue weighted by Crippen LogP contribution is -2.55. The van der Waals surface area contributed by atoms with E-state index in [1.807, 2.05) is 9.47 Å². The highest BCUT2D eigenvalue weighted by Gasteiger charge is 2.47. The Morgan fingerprint density at radius 1 is 1.60 bits per heavy atom. The Morgan fingerprint density at radius 3 is 3.00 bits per heavy atom. The van der Waals surface area contributed by atoms with Gasteiger partial charge in [-0.05, 0) is 19.8 Å². The third-order valence-corrected chi connectivity index (χ3v) is 3.61. The number of carbonyl (C=O) groups excluding carboxylic acids is 2. The molecule has 3 N–H and O–H groups in total. The molecule has 9 nitrogen and oxygen atoms in total.